The standard InChI is InChI=1S/C19H24N2O6/c1-5-8-26-14-7-6-13(11-15(14)25-4)17-16(12(2)20-19(23)21-17)18(22)27-10-9-24-3/h5-7,11,16-17H,1-2,8-10H2,3-4H3,(H2,20,21,23)/t16-,17-/m1/s1. The molecule has 0 saturated carbocycles. The van der Waals surface area contributed by atoms with E-state index >= 15 is 0 Å². The molecule has 0 bridgehead atoms. The first kappa shape index (κ1) is 20.3. The molecule has 1 aliphatic rings. The predicted octanol–water partition coefficient (Wildman–Crippen LogP) is 1.93. The average molecular weight is 376 g/mol. The number of rotatable bonds is 9. The van der Waals surface area contributed by atoms with Crippen LogP contribution in [-0.4, -0.2) is 46.0 Å². The van der Waals surface area contributed by atoms with Gasteiger partial charge in [-0.1, -0.05) is 25.3 Å². The molecular weight excluding hydrogens is 352 g/mol. The van der Waals surface area contributed by atoms with Crippen molar-refractivity contribution in [3.8, 4) is 11.5 Å². The van der Waals surface area contributed by atoms with Gasteiger partial charge < -0.3 is 29.6 Å². The second kappa shape index (κ2) is 9.63. The van der Waals surface area contributed by atoms with E-state index in [0.717, 1.165) is 0 Å². The van der Waals surface area contributed by atoms with Crippen molar-refractivity contribution in [2.24, 2.45) is 5.92 Å². The highest BCUT2D eigenvalue weighted by Crippen LogP contribution is 2.35. The lowest BCUT2D eigenvalue weighted by atomic mass is 9.89. The van der Waals surface area contributed by atoms with Crippen LogP contribution in [0.3, 0.4) is 0 Å². The number of ether oxygens (including phenoxy) is 4. The third kappa shape index (κ3) is 5.01. The highest BCUT2D eigenvalue weighted by atomic mass is 16.6. The number of methoxy groups -OCH3 is 2. The van der Waals surface area contributed by atoms with E-state index in [9.17, 15) is 9.59 Å². The number of nitrogens with one attached hydrogen (secondary N) is 2. The SMILES string of the molecule is C=CCOc1ccc([C@H]2NC(=O)NC(=C)[C@H]2C(=O)OCCOC)cc1OC. The molecule has 1 saturated heterocycles. The van der Waals surface area contributed by atoms with Crippen molar-refractivity contribution in [3.63, 3.8) is 0 Å². The van der Waals surface area contributed by atoms with Gasteiger partial charge in [0, 0.05) is 12.8 Å². The van der Waals surface area contributed by atoms with Crippen LogP contribution in [0.15, 0.2) is 43.1 Å². The Labute approximate surface area is 158 Å². The minimum atomic E-state index is -0.802. The van der Waals surface area contributed by atoms with Crippen molar-refractivity contribution in [1.29, 1.82) is 0 Å². The topological polar surface area (TPSA) is 95.1 Å². The van der Waals surface area contributed by atoms with Crippen LogP contribution in [0.1, 0.15) is 11.6 Å². The zero-order chi connectivity index (χ0) is 19.8. The van der Waals surface area contributed by atoms with Gasteiger partial charge in [-0.05, 0) is 17.7 Å². The number of esters is 1. The van der Waals surface area contributed by atoms with E-state index in [1.54, 1.807) is 24.3 Å². The lowest BCUT2D eigenvalue weighted by molar-refractivity contribution is -0.149. The molecule has 0 radical (unpaired) electrons. The number of carbonyl (C=O) groups is 2. The van der Waals surface area contributed by atoms with Crippen LogP contribution >= 0.6 is 0 Å². The molecule has 2 rings (SSSR count). The van der Waals surface area contributed by atoms with Crippen LogP contribution in [0.2, 0.25) is 0 Å². The third-order valence-corrected chi connectivity index (χ3v) is 3.96. The molecule has 1 aromatic carbocycles. The molecule has 27 heavy (non-hydrogen) atoms. The number of hydrogen-bond donors (Lipinski definition) is 2. The second-order valence-electron chi connectivity index (χ2n) is 5.75. The Bertz CT molecular complexity index is 718. The van der Waals surface area contributed by atoms with Crippen molar-refractivity contribution in [3.05, 3.63) is 48.7 Å². The quantitative estimate of drug-likeness (QED) is 0.389. The molecule has 1 fully saturated rings. The molecule has 0 unspecified atom stereocenters. The van der Waals surface area contributed by atoms with Crippen LogP contribution in [0.5, 0.6) is 11.5 Å². The van der Waals surface area contributed by atoms with Gasteiger partial charge in [0.2, 0.25) is 0 Å². The summed E-state index contributed by atoms with van der Waals surface area (Å²) in [6.07, 6.45) is 1.62. The van der Waals surface area contributed by atoms with E-state index in [1.807, 2.05) is 0 Å². The minimum Gasteiger partial charge on any atom is -0.493 e. The van der Waals surface area contributed by atoms with Crippen molar-refractivity contribution < 1.29 is 28.5 Å². The molecule has 0 spiro atoms. The zero-order valence-electron chi connectivity index (χ0n) is 15.4. The molecule has 2 N–H and O–H groups in total. The summed E-state index contributed by atoms with van der Waals surface area (Å²) < 4.78 is 21.0. The van der Waals surface area contributed by atoms with Crippen LogP contribution in [-0.2, 0) is 14.3 Å². The Hall–Kier alpha value is -3.00. The maximum Gasteiger partial charge on any atom is 0.319 e. The zero-order valence-corrected chi connectivity index (χ0v) is 15.4. The fourth-order valence-electron chi connectivity index (χ4n) is 2.70. The van der Waals surface area contributed by atoms with Crippen molar-refractivity contribution in [2.75, 3.05) is 34.0 Å². The molecule has 8 heteroatoms. The summed E-state index contributed by atoms with van der Waals surface area (Å²) in [5.74, 6) is -0.316. The number of hydrogen-bond acceptors (Lipinski definition) is 6. The molecular formula is C19H24N2O6. The average Bonchev–Trinajstić information content (AvgIpc) is 2.65. The fraction of sp³-hybridized carbons (Fsp3) is 0.368. The van der Waals surface area contributed by atoms with Gasteiger partial charge in [-0.25, -0.2) is 4.79 Å². The van der Waals surface area contributed by atoms with E-state index in [1.165, 1.54) is 14.2 Å². The molecule has 1 aliphatic heterocycles. The summed E-state index contributed by atoms with van der Waals surface area (Å²) in [5, 5.41) is 5.27. The smallest absolute Gasteiger partial charge is 0.319 e. The molecule has 146 valence electrons. The molecule has 1 aromatic rings. The van der Waals surface area contributed by atoms with Crippen LogP contribution < -0.4 is 20.1 Å². The first-order valence-electron chi connectivity index (χ1n) is 8.35. The van der Waals surface area contributed by atoms with Gasteiger partial charge in [-0.3, -0.25) is 4.79 Å². The number of urea groups is 1. The highest BCUT2D eigenvalue weighted by Gasteiger charge is 2.39. The van der Waals surface area contributed by atoms with E-state index in [4.69, 9.17) is 18.9 Å². The first-order chi connectivity index (χ1) is 13.0. The van der Waals surface area contributed by atoms with E-state index < -0.39 is 24.0 Å². The molecule has 1 heterocycles. The molecule has 0 aliphatic carbocycles. The van der Waals surface area contributed by atoms with Gasteiger partial charge in [0.25, 0.3) is 0 Å². The monoisotopic (exact) mass is 376 g/mol. The Morgan fingerprint density at radius 3 is 2.70 bits per heavy atom. The Morgan fingerprint density at radius 2 is 2.04 bits per heavy atom. The lowest BCUT2D eigenvalue weighted by Gasteiger charge is -2.33. The molecule has 0 aromatic heterocycles. The third-order valence-electron chi connectivity index (χ3n) is 3.96. The maximum atomic E-state index is 12.5. The summed E-state index contributed by atoms with van der Waals surface area (Å²) >= 11 is 0. The van der Waals surface area contributed by atoms with Crippen molar-refractivity contribution in [1.82, 2.24) is 10.6 Å². The van der Waals surface area contributed by atoms with E-state index in [0.29, 0.717) is 23.7 Å². The molecule has 2 amide bonds. The Morgan fingerprint density at radius 1 is 1.26 bits per heavy atom. The summed E-state index contributed by atoms with van der Waals surface area (Å²) in [6.45, 7) is 8.12. The number of carbonyl (C=O) groups excluding carboxylic acids is 2. The maximum absolute atomic E-state index is 12.5. The lowest BCUT2D eigenvalue weighted by Crippen LogP contribution is -2.51. The molecule has 8 nitrogen and oxygen atoms in total. The predicted molar refractivity (Wildman–Crippen MR) is 98.6 cm³/mol. The van der Waals surface area contributed by atoms with Crippen molar-refractivity contribution in [2.45, 2.75) is 6.04 Å². The van der Waals surface area contributed by atoms with Gasteiger partial charge in [0.1, 0.15) is 19.1 Å². The van der Waals surface area contributed by atoms with Gasteiger partial charge in [-0.2, -0.15) is 0 Å². The van der Waals surface area contributed by atoms with Gasteiger partial charge >= 0.3 is 12.0 Å². The molecule has 2 atom stereocenters. The summed E-state index contributed by atoms with van der Waals surface area (Å²) in [6, 6.07) is 4.06. The van der Waals surface area contributed by atoms with Crippen molar-refractivity contribution >= 4 is 12.0 Å². The minimum absolute atomic E-state index is 0.109. The summed E-state index contributed by atoms with van der Waals surface area (Å²) in [7, 11) is 3.02. The largest absolute Gasteiger partial charge is 0.493 e. The Balaban J connectivity index is 2.30. The van der Waals surface area contributed by atoms with E-state index in [-0.39, 0.29) is 18.9 Å². The van der Waals surface area contributed by atoms with E-state index in [2.05, 4.69) is 23.8 Å². The first-order valence-corrected chi connectivity index (χ1v) is 8.35. The Kier molecular flexibility index (Phi) is 7.25. The van der Waals surface area contributed by atoms with Gasteiger partial charge in [0.15, 0.2) is 11.5 Å². The highest BCUT2D eigenvalue weighted by molar-refractivity contribution is 5.85. The fourth-order valence-corrected chi connectivity index (χ4v) is 2.70. The summed E-state index contributed by atoms with van der Waals surface area (Å²) in [5.41, 5.74) is 0.916. The van der Waals surface area contributed by atoms with Crippen LogP contribution in [0.4, 0.5) is 4.79 Å². The normalized spacial score (nSPS) is 18.9. The van der Waals surface area contributed by atoms with Gasteiger partial charge in [-0.15, -0.1) is 0 Å². The van der Waals surface area contributed by atoms with Gasteiger partial charge in [0.05, 0.1) is 19.8 Å². The summed E-state index contributed by atoms with van der Waals surface area (Å²) in [4.78, 5) is 24.5. The number of benzene rings is 1. The van der Waals surface area contributed by atoms with Crippen LogP contribution in [0.25, 0.3) is 0 Å². The number of amides is 2. The van der Waals surface area contributed by atoms with Crippen LogP contribution in [0, 0.1) is 5.92 Å². The second-order valence-corrected chi connectivity index (χ2v) is 5.75.